The number of benzene rings is 1. The summed E-state index contributed by atoms with van der Waals surface area (Å²) in [4.78, 5) is 8.33. The second-order valence-electron chi connectivity index (χ2n) is 4.37. The van der Waals surface area contributed by atoms with Gasteiger partial charge < -0.3 is 10.5 Å². The molecule has 0 fully saturated rings. The Labute approximate surface area is 111 Å². The van der Waals surface area contributed by atoms with Crippen LogP contribution in [0, 0.1) is 5.82 Å². The van der Waals surface area contributed by atoms with Crippen LogP contribution < -0.4 is 10.5 Å². The highest BCUT2D eigenvalue weighted by Crippen LogP contribution is 2.26. The predicted molar refractivity (Wildman–Crippen MR) is 71.1 cm³/mol. The molecule has 1 aromatic carbocycles. The first-order valence-corrected chi connectivity index (χ1v) is 6.08. The minimum Gasteiger partial charge on any atom is -0.488 e. The lowest BCUT2D eigenvalue weighted by Gasteiger charge is -2.12. The van der Waals surface area contributed by atoms with Crippen LogP contribution in [0.4, 0.5) is 4.39 Å². The smallest absolute Gasteiger partial charge is 0.165 e. The van der Waals surface area contributed by atoms with Crippen LogP contribution >= 0.6 is 0 Å². The number of nitrogens with two attached hydrogens (primary N) is 1. The van der Waals surface area contributed by atoms with Gasteiger partial charge in [0, 0.05) is 24.5 Å². The second-order valence-corrected chi connectivity index (χ2v) is 4.37. The van der Waals surface area contributed by atoms with E-state index < -0.39 is 5.82 Å². The molecule has 0 aliphatic carbocycles. The molecular weight excluding hydrogens is 245 g/mol. The van der Waals surface area contributed by atoms with Crippen molar-refractivity contribution in [1.29, 1.82) is 0 Å². The Hall–Kier alpha value is -2.01. The van der Waals surface area contributed by atoms with E-state index in [4.69, 9.17) is 10.5 Å². The van der Waals surface area contributed by atoms with Gasteiger partial charge in [0.15, 0.2) is 11.6 Å². The molecule has 2 rings (SSSR count). The van der Waals surface area contributed by atoms with Crippen molar-refractivity contribution in [3.63, 3.8) is 0 Å². The lowest BCUT2D eigenvalue weighted by atomic mass is 10.1. The maximum Gasteiger partial charge on any atom is 0.165 e. The lowest BCUT2D eigenvalue weighted by molar-refractivity contribution is 0.231. The third kappa shape index (κ3) is 3.06. The normalized spacial score (nSPS) is 10.8. The summed E-state index contributed by atoms with van der Waals surface area (Å²) in [6, 6.07) is 4.74. The average Bonchev–Trinajstić information content (AvgIpc) is 2.40. The van der Waals surface area contributed by atoms with E-state index in [9.17, 15) is 4.39 Å². The highest BCUT2D eigenvalue weighted by atomic mass is 19.1. The number of nitrogens with zero attached hydrogens (tertiary/aromatic N) is 2. The lowest BCUT2D eigenvalue weighted by Crippen LogP contribution is -2.07. The van der Waals surface area contributed by atoms with Gasteiger partial charge in [-0.3, -0.25) is 9.97 Å². The molecule has 0 radical (unpaired) electrons. The van der Waals surface area contributed by atoms with Gasteiger partial charge in [-0.15, -0.1) is 0 Å². The Morgan fingerprint density at radius 2 is 2.00 bits per heavy atom. The fourth-order valence-corrected chi connectivity index (χ4v) is 1.76. The molecule has 0 unspecified atom stereocenters. The van der Waals surface area contributed by atoms with Crippen molar-refractivity contribution < 1.29 is 9.13 Å². The molecule has 100 valence electrons. The minimum absolute atomic E-state index is 0.0727. The zero-order valence-electron chi connectivity index (χ0n) is 10.9. The van der Waals surface area contributed by atoms with Crippen LogP contribution in [0.25, 0.3) is 11.3 Å². The van der Waals surface area contributed by atoms with Crippen molar-refractivity contribution in [3.05, 3.63) is 42.1 Å². The van der Waals surface area contributed by atoms with Gasteiger partial charge in [-0.05, 0) is 32.0 Å². The van der Waals surface area contributed by atoms with Crippen LogP contribution in [-0.4, -0.2) is 16.1 Å². The van der Waals surface area contributed by atoms with Gasteiger partial charge in [0.25, 0.3) is 0 Å². The van der Waals surface area contributed by atoms with Gasteiger partial charge >= 0.3 is 0 Å². The topological polar surface area (TPSA) is 61.0 Å². The monoisotopic (exact) mass is 261 g/mol. The van der Waals surface area contributed by atoms with E-state index in [1.54, 1.807) is 24.5 Å². The summed E-state index contributed by atoms with van der Waals surface area (Å²) in [6.45, 7) is 3.96. The summed E-state index contributed by atoms with van der Waals surface area (Å²) in [5.74, 6) is -0.184. The molecule has 5 heteroatoms. The minimum atomic E-state index is -0.417. The van der Waals surface area contributed by atoms with Crippen molar-refractivity contribution in [2.75, 3.05) is 0 Å². The van der Waals surface area contributed by atoms with Crippen LogP contribution in [0.1, 0.15) is 19.5 Å². The molecule has 1 aromatic heterocycles. The van der Waals surface area contributed by atoms with Gasteiger partial charge in [0.2, 0.25) is 0 Å². The molecule has 0 saturated heterocycles. The molecule has 0 aliphatic rings. The summed E-state index contributed by atoms with van der Waals surface area (Å²) in [7, 11) is 0. The molecule has 4 nitrogen and oxygen atoms in total. The standard InChI is InChI=1S/C14H16FN3O/c1-9(2)19-13-4-3-10(7-11(13)15)14-12(8-16)17-5-6-18-14/h3-7,9H,8,16H2,1-2H3. The van der Waals surface area contributed by atoms with E-state index in [-0.39, 0.29) is 18.4 Å². The third-order valence-corrected chi connectivity index (χ3v) is 2.54. The maximum atomic E-state index is 13.9. The number of rotatable bonds is 4. The van der Waals surface area contributed by atoms with E-state index in [0.29, 0.717) is 17.0 Å². The molecule has 0 spiro atoms. The third-order valence-electron chi connectivity index (χ3n) is 2.54. The van der Waals surface area contributed by atoms with Crippen LogP contribution in [0.15, 0.2) is 30.6 Å². The van der Waals surface area contributed by atoms with Crippen molar-refractivity contribution in [2.24, 2.45) is 5.73 Å². The summed E-state index contributed by atoms with van der Waals surface area (Å²) in [5.41, 5.74) is 7.48. The number of ether oxygens (including phenoxy) is 1. The van der Waals surface area contributed by atoms with Crippen molar-refractivity contribution in [3.8, 4) is 17.0 Å². The Morgan fingerprint density at radius 3 is 2.63 bits per heavy atom. The quantitative estimate of drug-likeness (QED) is 0.918. The first kappa shape index (κ1) is 13.4. The molecule has 1 heterocycles. The Balaban J connectivity index is 2.39. The molecule has 2 aromatic rings. The summed E-state index contributed by atoms with van der Waals surface area (Å²) >= 11 is 0. The molecule has 0 bridgehead atoms. The van der Waals surface area contributed by atoms with Gasteiger partial charge in [-0.2, -0.15) is 0 Å². The maximum absolute atomic E-state index is 13.9. The predicted octanol–water partition coefficient (Wildman–Crippen LogP) is 2.53. The zero-order chi connectivity index (χ0) is 13.8. The first-order chi connectivity index (χ1) is 9.11. The summed E-state index contributed by atoms with van der Waals surface area (Å²) in [5, 5.41) is 0. The van der Waals surface area contributed by atoms with Gasteiger partial charge in [-0.25, -0.2) is 4.39 Å². The Kier molecular flexibility index (Phi) is 4.06. The second kappa shape index (κ2) is 5.75. The zero-order valence-corrected chi connectivity index (χ0v) is 10.9. The van der Waals surface area contributed by atoms with Crippen LogP contribution in [0.5, 0.6) is 5.75 Å². The molecule has 0 aliphatic heterocycles. The number of aromatic nitrogens is 2. The largest absolute Gasteiger partial charge is 0.488 e. The van der Waals surface area contributed by atoms with E-state index in [2.05, 4.69) is 9.97 Å². The van der Waals surface area contributed by atoms with E-state index >= 15 is 0 Å². The fraction of sp³-hybridized carbons (Fsp3) is 0.286. The van der Waals surface area contributed by atoms with Gasteiger partial charge in [0.1, 0.15) is 0 Å². The SMILES string of the molecule is CC(C)Oc1ccc(-c2nccnc2CN)cc1F. The summed E-state index contributed by atoms with van der Waals surface area (Å²) in [6.07, 6.45) is 3.06. The number of hydrogen-bond acceptors (Lipinski definition) is 4. The Bertz CT molecular complexity index is 572. The van der Waals surface area contributed by atoms with E-state index in [1.807, 2.05) is 13.8 Å². The van der Waals surface area contributed by atoms with Crippen molar-refractivity contribution in [2.45, 2.75) is 26.5 Å². The molecular formula is C14H16FN3O. The average molecular weight is 261 g/mol. The molecule has 0 atom stereocenters. The molecule has 2 N–H and O–H groups in total. The molecule has 0 amide bonds. The Morgan fingerprint density at radius 1 is 1.26 bits per heavy atom. The molecule has 0 saturated carbocycles. The van der Waals surface area contributed by atoms with Crippen molar-refractivity contribution in [1.82, 2.24) is 9.97 Å². The highest BCUT2D eigenvalue weighted by Gasteiger charge is 2.11. The number of hydrogen-bond donors (Lipinski definition) is 1. The van der Waals surface area contributed by atoms with E-state index in [1.165, 1.54) is 6.07 Å². The van der Waals surface area contributed by atoms with Gasteiger partial charge in [-0.1, -0.05) is 0 Å². The van der Waals surface area contributed by atoms with Gasteiger partial charge in [0.05, 0.1) is 17.5 Å². The fourth-order valence-electron chi connectivity index (χ4n) is 1.76. The van der Waals surface area contributed by atoms with Crippen molar-refractivity contribution >= 4 is 0 Å². The molecule has 19 heavy (non-hydrogen) atoms. The number of halogens is 1. The summed E-state index contributed by atoms with van der Waals surface area (Å²) < 4.78 is 19.3. The van der Waals surface area contributed by atoms with Crippen LogP contribution in [-0.2, 0) is 6.54 Å². The highest BCUT2D eigenvalue weighted by molar-refractivity contribution is 5.62. The van der Waals surface area contributed by atoms with Crippen LogP contribution in [0.2, 0.25) is 0 Å². The van der Waals surface area contributed by atoms with Crippen LogP contribution in [0.3, 0.4) is 0 Å². The first-order valence-electron chi connectivity index (χ1n) is 6.08. The van der Waals surface area contributed by atoms with E-state index in [0.717, 1.165) is 0 Å².